The lowest BCUT2D eigenvalue weighted by Gasteiger charge is -2.46. The minimum absolute atomic E-state index is 0.00540. The second-order valence-corrected chi connectivity index (χ2v) is 20.1. The first-order chi connectivity index (χ1) is 33.4. The maximum Gasteiger partial charge on any atom is 0.200 e. The summed E-state index contributed by atoms with van der Waals surface area (Å²) in [4.78, 5) is 19.7. The Balaban J connectivity index is 1.21. The largest absolute Gasteiger partial charge is 0.508 e. The SMILES string of the molecule is CNC[C@@H]1C[C@H](c2cc(O)c(O)c(OC[C@@H]3C=CC[C@H](C)C3)c2)CC(=O)[C@H]([C@H](O)CCc2ccc(O)c(OC)c2)[C@]2(CCC[C@@H]2Cc2ccc[nH]2)C2=CCNC(=C2)Nc2ccc3cc(O)ccc3c21. The van der Waals surface area contributed by atoms with Crippen molar-refractivity contribution in [3.63, 3.8) is 0 Å². The van der Waals surface area contributed by atoms with Crippen LogP contribution in [0.15, 0.2) is 115 Å². The number of phenols is 4. The third kappa shape index (κ3) is 10.1. The van der Waals surface area contributed by atoms with E-state index in [0.29, 0.717) is 62.6 Å². The molecule has 2 aliphatic heterocycles. The number of H-pyrrole nitrogens is 1. The molecule has 0 radical (unpaired) electrons. The fraction of sp³-hybridized carbons (Fsp3) is 0.421. The molecule has 4 aromatic carbocycles. The zero-order valence-electron chi connectivity index (χ0n) is 40.0. The van der Waals surface area contributed by atoms with Crippen molar-refractivity contribution in [3.05, 3.63) is 137 Å². The van der Waals surface area contributed by atoms with Crippen molar-refractivity contribution in [2.24, 2.45) is 29.1 Å². The van der Waals surface area contributed by atoms with Gasteiger partial charge in [-0.2, -0.15) is 0 Å². The number of hydrogen-bond donors (Lipinski definition) is 9. The molecule has 1 aromatic heterocycles. The first-order valence-corrected chi connectivity index (χ1v) is 24.8. The Morgan fingerprint density at radius 2 is 1.84 bits per heavy atom. The molecule has 12 nitrogen and oxygen atoms in total. The minimum Gasteiger partial charge on any atom is -0.508 e. The van der Waals surface area contributed by atoms with Crippen LogP contribution in [0.4, 0.5) is 5.69 Å². The van der Waals surface area contributed by atoms with E-state index in [-0.39, 0.29) is 65.1 Å². The average molecular weight is 937 g/mol. The van der Waals surface area contributed by atoms with Gasteiger partial charge in [0.2, 0.25) is 5.75 Å². The summed E-state index contributed by atoms with van der Waals surface area (Å²) < 4.78 is 11.8. The van der Waals surface area contributed by atoms with E-state index in [2.05, 4.69) is 64.3 Å². The molecule has 8 atom stereocenters. The van der Waals surface area contributed by atoms with Gasteiger partial charge >= 0.3 is 0 Å². The van der Waals surface area contributed by atoms with Gasteiger partial charge in [0.25, 0.3) is 0 Å². The molecule has 9 rings (SSSR count). The first kappa shape index (κ1) is 47.7. The van der Waals surface area contributed by atoms with Crippen molar-refractivity contribution in [1.82, 2.24) is 15.6 Å². The number of aliphatic hydroxyl groups is 1. The molecule has 4 aliphatic rings. The molecule has 0 amide bonds. The Bertz CT molecular complexity index is 2730. The third-order valence-corrected chi connectivity index (χ3v) is 15.6. The number of carbonyl (C=O) groups is 1. The maximum absolute atomic E-state index is 16.2. The van der Waals surface area contributed by atoms with Crippen LogP contribution >= 0.6 is 0 Å². The number of carbonyl (C=O) groups excluding carboxylic acids is 1. The highest BCUT2D eigenvalue weighted by molar-refractivity contribution is 5.92. The molecule has 0 unspecified atom stereocenters. The van der Waals surface area contributed by atoms with Gasteiger partial charge in [-0.25, -0.2) is 0 Å². The number of ether oxygens (including phenoxy) is 2. The molecule has 2 aliphatic carbocycles. The van der Waals surface area contributed by atoms with Crippen molar-refractivity contribution in [2.45, 2.75) is 89.1 Å². The summed E-state index contributed by atoms with van der Waals surface area (Å²) in [6.45, 7) is 3.58. The third-order valence-electron chi connectivity index (χ3n) is 15.6. The number of phenolic OH excluding ortho intramolecular Hbond substituents is 4. The van der Waals surface area contributed by atoms with Gasteiger partial charge in [0.15, 0.2) is 23.0 Å². The fourth-order valence-electron chi connectivity index (χ4n) is 12.4. The lowest BCUT2D eigenvalue weighted by Crippen LogP contribution is -2.48. The molecule has 1 fully saturated rings. The number of methoxy groups -OCH3 is 1. The van der Waals surface area contributed by atoms with Gasteiger partial charge in [0.05, 0.1) is 25.7 Å². The van der Waals surface area contributed by atoms with Crippen LogP contribution in [0.5, 0.6) is 34.5 Å². The highest BCUT2D eigenvalue weighted by atomic mass is 16.5. The molecule has 1 spiro atoms. The van der Waals surface area contributed by atoms with Gasteiger partial charge < -0.3 is 55.9 Å². The maximum atomic E-state index is 16.2. The Kier molecular flexibility index (Phi) is 14.3. The van der Waals surface area contributed by atoms with E-state index in [1.807, 2.05) is 37.5 Å². The summed E-state index contributed by atoms with van der Waals surface area (Å²) in [7, 11) is 3.43. The number of anilines is 1. The second-order valence-electron chi connectivity index (χ2n) is 20.1. The van der Waals surface area contributed by atoms with Gasteiger partial charge in [0.1, 0.15) is 17.4 Å². The number of Topliss-reactive ketones (excluding diaryl/α,β-unsaturated/α-hetero) is 1. The number of aromatic nitrogens is 1. The van der Waals surface area contributed by atoms with Crippen molar-refractivity contribution >= 4 is 22.2 Å². The van der Waals surface area contributed by atoms with E-state index in [4.69, 9.17) is 9.47 Å². The molecule has 12 heteroatoms. The van der Waals surface area contributed by atoms with E-state index in [9.17, 15) is 25.5 Å². The van der Waals surface area contributed by atoms with Crippen LogP contribution in [0.3, 0.4) is 0 Å². The topological polar surface area (TPSA) is 189 Å². The molecule has 9 N–H and O–H groups in total. The molecule has 2 bridgehead atoms. The lowest BCUT2D eigenvalue weighted by atomic mass is 9.58. The van der Waals surface area contributed by atoms with Crippen LogP contribution in [0.25, 0.3) is 10.8 Å². The predicted molar refractivity (Wildman–Crippen MR) is 270 cm³/mol. The lowest BCUT2D eigenvalue weighted by molar-refractivity contribution is -0.134. The second kappa shape index (κ2) is 20.7. The number of aliphatic hydroxyl groups excluding tert-OH is 1. The standard InChI is InChI=1S/C57H68N4O8/c1-34-7-4-8-36(23-34)33-69-52-29-39(28-50(66)56(52)67)38-25-40(32-58-2)54-45-15-14-44(62)26-37(45)13-16-46(54)61-53-31-42(19-22-60-53)57(20-5-9-41(57)30-43-10-6-21-59-43)55(49(65)27-38)48(64)18-12-35-11-17-47(63)51(24-35)68-3/h4,6,8,10-11,13-17,19,21,24,26,28-29,31,34,36,38,40-41,48,55,58-64,66-67H,5,7,9,12,18,20,22-23,25,27,30,32-33H2,1-3H3/t34-,36+,38-,40-,41+,48+,55-,57-/m0/s1. The molecule has 5 aromatic rings. The van der Waals surface area contributed by atoms with E-state index >= 15 is 4.79 Å². The number of allylic oxidation sites excluding steroid dienone is 3. The number of benzene rings is 4. The van der Waals surface area contributed by atoms with Crippen molar-refractivity contribution in [2.75, 3.05) is 39.2 Å². The number of dihydropyridines is 1. The monoisotopic (exact) mass is 937 g/mol. The van der Waals surface area contributed by atoms with Crippen LogP contribution < -0.4 is 25.4 Å². The molecule has 69 heavy (non-hydrogen) atoms. The number of rotatable bonds is 13. The average Bonchev–Trinajstić information content (AvgIpc) is 4.02. The summed E-state index contributed by atoms with van der Waals surface area (Å²) >= 11 is 0. The molecule has 364 valence electrons. The smallest absolute Gasteiger partial charge is 0.200 e. The summed E-state index contributed by atoms with van der Waals surface area (Å²) in [5.74, 6) is -0.165. The minimum atomic E-state index is -1.06. The van der Waals surface area contributed by atoms with E-state index < -0.39 is 23.4 Å². The first-order valence-electron chi connectivity index (χ1n) is 24.8. The Hall–Kier alpha value is -6.37. The van der Waals surface area contributed by atoms with Gasteiger partial charge in [-0.1, -0.05) is 49.8 Å². The summed E-state index contributed by atoms with van der Waals surface area (Å²) in [5, 5.41) is 69.7. The van der Waals surface area contributed by atoms with Crippen LogP contribution in [0.1, 0.15) is 92.5 Å². The highest BCUT2D eigenvalue weighted by Crippen LogP contribution is 2.58. The van der Waals surface area contributed by atoms with Crippen LogP contribution in [0.2, 0.25) is 0 Å². The summed E-state index contributed by atoms with van der Waals surface area (Å²) in [6, 6.07) is 22.2. The van der Waals surface area contributed by atoms with Gasteiger partial charge in [-0.15, -0.1) is 0 Å². The highest BCUT2D eigenvalue weighted by Gasteiger charge is 2.55. The predicted octanol–water partition coefficient (Wildman–Crippen LogP) is 9.85. The summed E-state index contributed by atoms with van der Waals surface area (Å²) in [5.41, 5.74) is 4.73. The number of fused-ring (bicyclic) bond motifs is 5. The molecule has 3 heterocycles. The number of likely N-dealkylation sites (N-methyl/N-ethyl adjacent to an activating group) is 1. The molecular formula is C57H68N4O8. The number of ketones is 1. The van der Waals surface area contributed by atoms with Crippen molar-refractivity contribution < 1.29 is 39.8 Å². The molecule has 1 saturated carbocycles. The Morgan fingerprint density at radius 1 is 0.971 bits per heavy atom. The van der Waals surface area contributed by atoms with E-state index in [0.717, 1.165) is 70.4 Å². The van der Waals surface area contributed by atoms with Crippen molar-refractivity contribution in [3.8, 4) is 34.5 Å². The van der Waals surface area contributed by atoms with Gasteiger partial charge in [0, 0.05) is 48.4 Å². The van der Waals surface area contributed by atoms with Crippen molar-refractivity contribution in [1.29, 1.82) is 0 Å². The quantitative estimate of drug-likeness (QED) is 0.0404. The van der Waals surface area contributed by atoms with Crippen LogP contribution in [-0.4, -0.2) is 76.3 Å². The normalized spacial score (nSPS) is 25.3. The zero-order chi connectivity index (χ0) is 48.2. The number of nitrogens with one attached hydrogen (secondary N) is 4. The number of aryl methyl sites for hydroxylation is 1. The number of hydrogen-bond acceptors (Lipinski definition) is 11. The molecule has 0 saturated heterocycles. The zero-order valence-corrected chi connectivity index (χ0v) is 40.0. The van der Waals surface area contributed by atoms with E-state index in [1.54, 1.807) is 36.4 Å². The Morgan fingerprint density at radius 3 is 2.64 bits per heavy atom. The van der Waals surface area contributed by atoms with Gasteiger partial charge in [-0.3, -0.25) is 4.79 Å². The van der Waals surface area contributed by atoms with Crippen LogP contribution in [0, 0.1) is 29.1 Å². The van der Waals surface area contributed by atoms with Crippen LogP contribution in [-0.2, 0) is 17.6 Å². The molecular weight excluding hydrogens is 869 g/mol. The Labute approximate surface area is 405 Å². The van der Waals surface area contributed by atoms with E-state index in [1.165, 1.54) is 7.11 Å². The summed E-state index contributed by atoms with van der Waals surface area (Å²) in [6.07, 6.45) is 15.8. The fourth-order valence-corrected chi connectivity index (χ4v) is 12.4. The van der Waals surface area contributed by atoms with Gasteiger partial charge in [-0.05, 0) is 176 Å². The number of aromatic hydroxyl groups is 4. The number of aromatic amines is 1.